The summed E-state index contributed by atoms with van der Waals surface area (Å²) in [6.07, 6.45) is 1.83. The molecule has 3 aromatic rings. The van der Waals surface area contributed by atoms with Gasteiger partial charge in [0.1, 0.15) is 11.4 Å². The molecule has 2 aromatic carbocycles. The Morgan fingerprint density at radius 1 is 0.943 bits per heavy atom. The third-order valence-corrected chi connectivity index (χ3v) is 6.39. The highest BCUT2D eigenvalue weighted by molar-refractivity contribution is 6.00. The van der Waals surface area contributed by atoms with Crippen LogP contribution in [-0.4, -0.2) is 82.8 Å². The number of amides is 3. The van der Waals surface area contributed by atoms with Crippen LogP contribution in [0.1, 0.15) is 29.8 Å². The van der Waals surface area contributed by atoms with Crippen LogP contribution < -0.4 is 4.74 Å². The summed E-state index contributed by atoms with van der Waals surface area (Å²) >= 11 is 0. The number of nitrogens with zero attached hydrogens (tertiary/aromatic N) is 5. The van der Waals surface area contributed by atoms with Crippen LogP contribution in [0, 0.1) is 0 Å². The summed E-state index contributed by atoms with van der Waals surface area (Å²) in [5.41, 5.74) is 3.12. The van der Waals surface area contributed by atoms with Crippen LogP contribution in [0.3, 0.4) is 0 Å². The normalized spacial score (nSPS) is 13.6. The summed E-state index contributed by atoms with van der Waals surface area (Å²) in [4.78, 5) is 31.8. The molecule has 1 saturated heterocycles. The van der Waals surface area contributed by atoms with E-state index in [0.717, 1.165) is 11.1 Å². The highest BCUT2D eigenvalue weighted by Crippen LogP contribution is 2.27. The van der Waals surface area contributed by atoms with E-state index in [2.05, 4.69) is 0 Å². The molecule has 3 amide bonds. The minimum atomic E-state index is -0.0722. The number of rotatable bonds is 7. The Morgan fingerprint density at radius 3 is 2.29 bits per heavy atom. The van der Waals surface area contributed by atoms with Crippen molar-refractivity contribution in [2.45, 2.75) is 20.4 Å². The van der Waals surface area contributed by atoms with Crippen molar-refractivity contribution in [3.63, 3.8) is 0 Å². The number of ether oxygens (including phenoxy) is 1. The topological polar surface area (TPSA) is 70.9 Å². The first kappa shape index (κ1) is 24.3. The number of carbonyl (C=O) groups excluding carboxylic acids is 2. The van der Waals surface area contributed by atoms with Crippen LogP contribution >= 0.6 is 0 Å². The maximum Gasteiger partial charge on any atom is 0.320 e. The number of piperazine rings is 1. The monoisotopic (exact) mass is 475 g/mol. The molecule has 8 nitrogen and oxygen atoms in total. The van der Waals surface area contributed by atoms with Crippen molar-refractivity contribution in [1.82, 2.24) is 24.5 Å². The number of hydrogen-bond acceptors (Lipinski definition) is 4. The summed E-state index contributed by atoms with van der Waals surface area (Å²) < 4.78 is 7.21. The Hall–Kier alpha value is -3.81. The molecule has 0 bridgehead atoms. The quantitative estimate of drug-likeness (QED) is 0.521. The lowest BCUT2D eigenvalue weighted by atomic mass is 10.1. The lowest BCUT2D eigenvalue weighted by molar-refractivity contribution is 0.0642. The van der Waals surface area contributed by atoms with E-state index in [1.165, 1.54) is 0 Å². The fourth-order valence-electron chi connectivity index (χ4n) is 4.38. The number of aromatic nitrogens is 2. The summed E-state index contributed by atoms with van der Waals surface area (Å²) in [5.74, 6) is 0.638. The van der Waals surface area contributed by atoms with Crippen molar-refractivity contribution >= 4 is 11.9 Å². The molecule has 2 heterocycles. The molecule has 0 spiro atoms. The second-order valence-corrected chi connectivity index (χ2v) is 8.54. The zero-order valence-corrected chi connectivity index (χ0v) is 20.7. The van der Waals surface area contributed by atoms with Gasteiger partial charge >= 0.3 is 6.03 Å². The van der Waals surface area contributed by atoms with Gasteiger partial charge in [0.25, 0.3) is 5.91 Å². The van der Waals surface area contributed by atoms with Gasteiger partial charge in [-0.25, -0.2) is 4.79 Å². The number of benzene rings is 2. The highest BCUT2D eigenvalue weighted by atomic mass is 16.5. The molecule has 0 N–H and O–H groups in total. The van der Waals surface area contributed by atoms with E-state index < -0.39 is 0 Å². The predicted molar refractivity (Wildman–Crippen MR) is 136 cm³/mol. The van der Waals surface area contributed by atoms with Gasteiger partial charge in [0, 0.05) is 51.0 Å². The van der Waals surface area contributed by atoms with Gasteiger partial charge in [-0.3, -0.25) is 9.48 Å². The molecule has 1 aromatic heterocycles. The summed E-state index contributed by atoms with van der Waals surface area (Å²) in [5, 5.41) is 4.80. The first-order chi connectivity index (χ1) is 17.0. The molecule has 0 aliphatic carbocycles. The second kappa shape index (κ2) is 11.1. The van der Waals surface area contributed by atoms with Crippen LogP contribution in [0.25, 0.3) is 11.3 Å². The fourth-order valence-corrected chi connectivity index (χ4v) is 4.38. The Bertz CT molecular complexity index is 1150. The zero-order valence-electron chi connectivity index (χ0n) is 20.7. The number of urea groups is 1. The third kappa shape index (κ3) is 5.48. The number of hydrogen-bond donors (Lipinski definition) is 0. The van der Waals surface area contributed by atoms with E-state index in [-0.39, 0.29) is 11.9 Å². The van der Waals surface area contributed by atoms with Crippen LogP contribution in [0.15, 0.2) is 60.8 Å². The Labute approximate surface area is 206 Å². The van der Waals surface area contributed by atoms with Gasteiger partial charge < -0.3 is 19.4 Å². The van der Waals surface area contributed by atoms with Crippen LogP contribution in [0.4, 0.5) is 4.79 Å². The zero-order chi connectivity index (χ0) is 24.8. The van der Waals surface area contributed by atoms with Crippen molar-refractivity contribution in [3.05, 3.63) is 71.9 Å². The molecular weight excluding hydrogens is 442 g/mol. The van der Waals surface area contributed by atoms with Gasteiger partial charge in [0.15, 0.2) is 0 Å². The molecule has 1 fully saturated rings. The van der Waals surface area contributed by atoms with Crippen LogP contribution in [-0.2, 0) is 6.54 Å². The van der Waals surface area contributed by atoms with Crippen molar-refractivity contribution < 1.29 is 14.3 Å². The van der Waals surface area contributed by atoms with Crippen LogP contribution in [0.5, 0.6) is 5.75 Å². The van der Waals surface area contributed by atoms with Gasteiger partial charge in [-0.05, 0) is 31.5 Å². The Balaban J connectivity index is 1.57. The minimum absolute atomic E-state index is 0.0369. The Kier molecular flexibility index (Phi) is 7.70. The van der Waals surface area contributed by atoms with Gasteiger partial charge in [0.2, 0.25) is 0 Å². The third-order valence-electron chi connectivity index (χ3n) is 6.39. The molecule has 1 aliphatic heterocycles. The van der Waals surface area contributed by atoms with Crippen LogP contribution in [0.2, 0.25) is 0 Å². The van der Waals surface area contributed by atoms with E-state index >= 15 is 0 Å². The molecular formula is C27H33N5O3. The first-order valence-electron chi connectivity index (χ1n) is 12.1. The maximum absolute atomic E-state index is 13.7. The summed E-state index contributed by atoms with van der Waals surface area (Å²) in [7, 11) is 1.62. The first-order valence-corrected chi connectivity index (χ1v) is 12.1. The van der Waals surface area contributed by atoms with Gasteiger partial charge in [-0.2, -0.15) is 5.10 Å². The fraction of sp³-hybridized carbons (Fsp3) is 0.370. The molecule has 4 rings (SSSR count). The molecule has 0 unspecified atom stereocenters. The second-order valence-electron chi connectivity index (χ2n) is 8.54. The van der Waals surface area contributed by atoms with E-state index in [1.807, 2.05) is 94.0 Å². The number of methoxy groups -OCH3 is 1. The molecule has 0 atom stereocenters. The minimum Gasteiger partial charge on any atom is -0.497 e. The van der Waals surface area contributed by atoms with Crippen molar-refractivity contribution in [2.24, 2.45) is 0 Å². The lowest BCUT2D eigenvalue weighted by Crippen LogP contribution is -2.54. The summed E-state index contributed by atoms with van der Waals surface area (Å²) in [6, 6.07) is 17.7. The average molecular weight is 476 g/mol. The van der Waals surface area contributed by atoms with E-state index in [9.17, 15) is 9.59 Å². The molecule has 0 saturated carbocycles. The van der Waals surface area contributed by atoms with Crippen molar-refractivity contribution in [3.8, 4) is 17.0 Å². The van der Waals surface area contributed by atoms with Gasteiger partial charge in [0.05, 0.1) is 19.2 Å². The predicted octanol–water partition coefficient (Wildman–Crippen LogP) is 3.83. The maximum atomic E-state index is 13.7. The molecule has 35 heavy (non-hydrogen) atoms. The van der Waals surface area contributed by atoms with E-state index in [1.54, 1.807) is 7.11 Å². The van der Waals surface area contributed by atoms with Crippen molar-refractivity contribution in [1.29, 1.82) is 0 Å². The molecule has 8 heteroatoms. The van der Waals surface area contributed by atoms with Gasteiger partial charge in [-0.1, -0.05) is 42.5 Å². The standard InChI is InChI=1S/C27H33N5O3/c1-4-29(5-2)27(34)31-16-14-30(15-17-31)26(33)24-20-32(19-21-10-7-6-8-11-21)28-25(24)22-12-9-13-23(18-22)35-3/h6-13,18,20H,4-5,14-17,19H2,1-3H3. The summed E-state index contributed by atoms with van der Waals surface area (Å²) in [6.45, 7) is 7.92. The largest absolute Gasteiger partial charge is 0.497 e. The van der Waals surface area contributed by atoms with Crippen molar-refractivity contribution in [2.75, 3.05) is 46.4 Å². The Morgan fingerprint density at radius 2 is 1.63 bits per heavy atom. The molecule has 1 aliphatic rings. The SMILES string of the molecule is CCN(CC)C(=O)N1CCN(C(=O)c2cn(Cc3ccccc3)nc2-c2cccc(OC)c2)CC1. The number of carbonyl (C=O) groups is 2. The lowest BCUT2D eigenvalue weighted by Gasteiger charge is -2.37. The van der Waals surface area contributed by atoms with Gasteiger partial charge in [-0.15, -0.1) is 0 Å². The highest BCUT2D eigenvalue weighted by Gasteiger charge is 2.29. The average Bonchev–Trinajstić information content (AvgIpc) is 3.33. The molecule has 0 radical (unpaired) electrons. The molecule has 184 valence electrons. The van der Waals surface area contributed by atoms with E-state index in [0.29, 0.717) is 62.8 Å². The smallest absolute Gasteiger partial charge is 0.320 e. The van der Waals surface area contributed by atoms with E-state index in [4.69, 9.17) is 9.84 Å².